The third-order valence-electron chi connectivity index (χ3n) is 9.71. The van der Waals surface area contributed by atoms with Crippen molar-refractivity contribution in [3.63, 3.8) is 0 Å². The topological polar surface area (TPSA) is 38.8 Å². The average Bonchev–Trinajstić information content (AvgIpc) is 3.03. The summed E-state index contributed by atoms with van der Waals surface area (Å²) in [5.41, 5.74) is 2.22. The van der Waals surface area contributed by atoms with Crippen molar-refractivity contribution >= 4 is 5.78 Å². The number of likely N-dealkylation sites (tertiary alicyclic amines) is 1. The molecule has 0 N–H and O–H groups in total. The summed E-state index contributed by atoms with van der Waals surface area (Å²) in [4.78, 5) is 16.7. The van der Waals surface area contributed by atoms with Gasteiger partial charge in [-0.05, 0) is 61.6 Å². The van der Waals surface area contributed by atoms with Gasteiger partial charge in [-0.25, -0.2) is 0 Å². The van der Waals surface area contributed by atoms with E-state index in [0.29, 0.717) is 23.7 Å². The van der Waals surface area contributed by atoms with Gasteiger partial charge in [0, 0.05) is 29.0 Å². The van der Waals surface area contributed by atoms with Crippen LogP contribution in [0.1, 0.15) is 64.0 Å². The van der Waals surface area contributed by atoms with Gasteiger partial charge < -0.3 is 9.47 Å². The minimum Gasteiger partial charge on any atom is -0.493 e. The fraction of sp³-hybridized carbons (Fsp3) is 0.731. The van der Waals surface area contributed by atoms with Crippen molar-refractivity contribution in [3.8, 4) is 11.5 Å². The highest BCUT2D eigenvalue weighted by atomic mass is 16.5. The summed E-state index contributed by atoms with van der Waals surface area (Å²) in [6, 6.07) is 4.84. The van der Waals surface area contributed by atoms with Crippen molar-refractivity contribution in [2.45, 2.75) is 76.9 Å². The molecule has 1 saturated heterocycles. The van der Waals surface area contributed by atoms with Gasteiger partial charge in [0.15, 0.2) is 23.4 Å². The molecule has 1 aromatic rings. The number of nitrogens with zero attached hydrogens (tertiary/aromatic N) is 1. The van der Waals surface area contributed by atoms with Crippen LogP contribution in [0, 0.1) is 23.2 Å². The van der Waals surface area contributed by atoms with Crippen LogP contribution in [0.15, 0.2) is 12.1 Å². The van der Waals surface area contributed by atoms with Gasteiger partial charge in [-0.3, -0.25) is 9.69 Å². The number of methoxy groups -OCH3 is 1. The standard InChI is InChI=1S/C26H35NO3/c1-5-17-21-18-13-16-9-10-19(29-4)22-20(16)26(21,24(30-22)23(28)25(17,2)3)11-12-27(18)14-15-7-6-8-15/h9-10,15,17-18,21,24H,5-8,11-14H2,1-4H3/t17-,18-,21?,24+,26-/m1/s1. The number of ether oxygens (including phenoxy) is 2. The molecule has 1 unspecified atom stereocenters. The highest BCUT2D eigenvalue weighted by Crippen LogP contribution is 2.67. The van der Waals surface area contributed by atoms with Crippen LogP contribution in [0.2, 0.25) is 0 Å². The molecule has 2 aliphatic heterocycles. The van der Waals surface area contributed by atoms with Gasteiger partial charge in [-0.15, -0.1) is 0 Å². The van der Waals surface area contributed by atoms with E-state index < -0.39 is 0 Å². The Morgan fingerprint density at radius 3 is 2.73 bits per heavy atom. The highest BCUT2D eigenvalue weighted by Gasteiger charge is 2.71. The normalized spacial score (nSPS) is 38.6. The fourth-order valence-corrected chi connectivity index (χ4v) is 8.11. The Kier molecular flexibility index (Phi) is 3.99. The fourth-order valence-electron chi connectivity index (χ4n) is 8.11. The monoisotopic (exact) mass is 409 g/mol. The lowest BCUT2D eigenvalue weighted by Crippen LogP contribution is -2.72. The Hall–Kier alpha value is -1.55. The average molecular weight is 410 g/mol. The first kappa shape index (κ1) is 19.2. The number of ketones is 1. The molecule has 2 bridgehead atoms. The van der Waals surface area contributed by atoms with E-state index in [2.05, 4.69) is 37.8 Å². The van der Waals surface area contributed by atoms with Crippen molar-refractivity contribution in [2.24, 2.45) is 23.2 Å². The van der Waals surface area contributed by atoms with E-state index in [4.69, 9.17) is 9.47 Å². The molecular formula is C26H35NO3. The Bertz CT molecular complexity index is 904. The number of benzene rings is 1. The molecule has 1 spiro atoms. The van der Waals surface area contributed by atoms with Crippen LogP contribution in [0.4, 0.5) is 0 Å². The molecule has 4 heteroatoms. The first-order chi connectivity index (χ1) is 14.4. The molecule has 3 fully saturated rings. The van der Waals surface area contributed by atoms with Gasteiger partial charge in [0.05, 0.1) is 7.11 Å². The van der Waals surface area contributed by atoms with Crippen LogP contribution >= 0.6 is 0 Å². The predicted molar refractivity (Wildman–Crippen MR) is 116 cm³/mol. The summed E-state index contributed by atoms with van der Waals surface area (Å²) >= 11 is 0. The smallest absolute Gasteiger partial charge is 0.180 e. The van der Waals surface area contributed by atoms with E-state index in [1.807, 2.05) is 0 Å². The van der Waals surface area contributed by atoms with Gasteiger partial charge in [-0.1, -0.05) is 39.7 Å². The van der Waals surface area contributed by atoms with Crippen LogP contribution in [0.3, 0.4) is 0 Å². The first-order valence-electron chi connectivity index (χ1n) is 12.1. The molecule has 2 saturated carbocycles. The van der Waals surface area contributed by atoms with Gasteiger partial charge in [0.2, 0.25) is 0 Å². The molecule has 0 radical (unpaired) electrons. The summed E-state index contributed by atoms with van der Waals surface area (Å²) < 4.78 is 12.3. The van der Waals surface area contributed by atoms with Gasteiger partial charge in [-0.2, -0.15) is 0 Å². The minimum absolute atomic E-state index is 0.161. The third kappa shape index (κ3) is 2.14. The minimum atomic E-state index is -0.349. The number of Topliss-reactive ketones (excluding diaryl/α,β-unsaturated/α-hetero) is 1. The Morgan fingerprint density at radius 1 is 1.27 bits per heavy atom. The van der Waals surface area contributed by atoms with E-state index in [0.717, 1.165) is 43.2 Å². The first-order valence-corrected chi connectivity index (χ1v) is 12.1. The van der Waals surface area contributed by atoms with Crippen LogP contribution in [0.5, 0.6) is 11.5 Å². The van der Waals surface area contributed by atoms with Crippen molar-refractivity contribution in [1.82, 2.24) is 4.90 Å². The maximum atomic E-state index is 13.9. The van der Waals surface area contributed by atoms with Crippen molar-refractivity contribution in [1.29, 1.82) is 0 Å². The van der Waals surface area contributed by atoms with Gasteiger partial charge >= 0.3 is 0 Å². The van der Waals surface area contributed by atoms with Gasteiger partial charge in [0.1, 0.15) is 0 Å². The molecule has 30 heavy (non-hydrogen) atoms. The lowest BCUT2D eigenvalue weighted by atomic mass is 9.43. The lowest BCUT2D eigenvalue weighted by molar-refractivity contribution is -0.166. The van der Waals surface area contributed by atoms with E-state index in [-0.39, 0.29) is 16.9 Å². The van der Waals surface area contributed by atoms with Crippen LogP contribution in [0.25, 0.3) is 0 Å². The number of hydrogen-bond acceptors (Lipinski definition) is 4. The Balaban J connectivity index is 1.55. The zero-order valence-corrected chi connectivity index (χ0v) is 18.9. The second kappa shape index (κ2) is 6.25. The summed E-state index contributed by atoms with van der Waals surface area (Å²) in [5.74, 6) is 3.73. The Morgan fingerprint density at radius 2 is 2.07 bits per heavy atom. The quantitative estimate of drug-likeness (QED) is 0.740. The third-order valence-corrected chi connectivity index (χ3v) is 9.71. The molecule has 5 aliphatic rings. The second-order valence-electron chi connectivity index (χ2n) is 11.1. The molecular weight excluding hydrogens is 374 g/mol. The number of hydrogen-bond donors (Lipinski definition) is 0. The molecule has 2 heterocycles. The molecule has 5 atom stereocenters. The van der Waals surface area contributed by atoms with Crippen LogP contribution in [-0.4, -0.2) is 43.0 Å². The van der Waals surface area contributed by atoms with Crippen molar-refractivity contribution in [3.05, 3.63) is 23.3 Å². The maximum Gasteiger partial charge on any atom is 0.180 e. The molecule has 1 aromatic carbocycles. The highest BCUT2D eigenvalue weighted by molar-refractivity contribution is 5.94. The molecule has 162 valence electrons. The predicted octanol–water partition coefficient (Wildman–Crippen LogP) is 4.38. The number of rotatable bonds is 4. The SMILES string of the molecule is CC[C@@H]1C2[C@H]3Cc4ccc(OC)c5c4[C@@]2(CCN3CC2CCC2)[C@@H](O5)C(=O)C1(C)C. The van der Waals surface area contributed by atoms with Gasteiger partial charge in [0.25, 0.3) is 0 Å². The van der Waals surface area contributed by atoms with E-state index >= 15 is 0 Å². The molecule has 6 rings (SSSR count). The van der Waals surface area contributed by atoms with Crippen molar-refractivity contribution in [2.75, 3.05) is 20.2 Å². The molecule has 3 aliphatic carbocycles. The van der Waals surface area contributed by atoms with Crippen LogP contribution < -0.4 is 9.47 Å². The zero-order chi connectivity index (χ0) is 20.8. The van der Waals surface area contributed by atoms with Crippen LogP contribution in [-0.2, 0) is 16.6 Å². The second-order valence-corrected chi connectivity index (χ2v) is 11.1. The zero-order valence-electron chi connectivity index (χ0n) is 18.9. The molecule has 0 aromatic heterocycles. The lowest BCUT2D eigenvalue weighted by Gasteiger charge is -2.63. The summed E-state index contributed by atoms with van der Waals surface area (Å²) in [6.45, 7) is 8.99. The van der Waals surface area contributed by atoms with E-state index in [9.17, 15) is 4.79 Å². The number of carbonyl (C=O) groups excluding carboxylic acids is 1. The summed E-state index contributed by atoms with van der Waals surface area (Å²) in [7, 11) is 1.71. The largest absolute Gasteiger partial charge is 0.493 e. The molecule has 4 nitrogen and oxygen atoms in total. The van der Waals surface area contributed by atoms with E-state index in [1.54, 1.807) is 7.11 Å². The maximum absolute atomic E-state index is 13.9. The summed E-state index contributed by atoms with van der Waals surface area (Å²) in [5, 5.41) is 0. The van der Waals surface area contributed by atoms with Crippen molar-refractivity contribution < 1.29 is 14.3 Å². The summed E-state index contributed by atoms with van der Waals surface area (Å²) in [6.07, 6.45) is 7.02. The number of carbonyl (C=O) groups is 1. The van der Waals surface area contributed by atoms with E-state index in [1.165, 1.54) is 36.9 Å². The number of piperidine rings is 1. The molecule has 0 amide bonds. The Labute approximate surface area is 180 Å².